The number of para-hydroxylation sites is 1. The Labute approximate surface area is 186 Å². The van der Waals surface area contributed by atoms with Crippen LogP contribution in [0, 0.1) is 0 Å². The van der Waals surface area contributed by atoms with Gasteiger partial charge in [0.2, 0.25) is 0 Å². The highest BCUT2D eigenvalue weighted by Crippen LogP contribution is 2.34. The number of nitrogens with zero attached hydrogens (tertiary/aromatic N) is 3. The van der Waals surface area contributed by atoms with Gasteiger partial charge in [-0.05, 0) is 42.5 Å². The Morgan fingerprint density at radius 1 is 1.09 bits per heavy atom. The van der Waals surface area contributed by atoms with Crippen molar-refractivity contribution in [3.63, 3.8) is 0 Å². The molecular weight excluding hydrogens is 443 g/mol. The Bertz CT molecular complexity index is 1230. The fourth-order valence-electron chi connectivity index (χ4n) is 3.24. The van der Waals surface area contributed by atoms with Gasteiger partial charge in [0, 0.05) is 18.2 Å². The smallest absolute Gasteiger partial charge is 0.435 e. The second-order valence-electron chi connectivity index (χ2n) is 7.09. The number of furan rings is 1. The SMILES string of the molecule is CN(Cc1ccco1)C(=O)c1ccc(-c2cc(C(F)(F)F)nn2-c2ccccc2Cl)cc1. The van der Waals surface area contributed by atoms with Gasteiger partial charge in [0.1, 0.15) is 5.76 Å². The van der Waals surface area contributed by atoms with Crippen LogP contribution in [0.5, 0.6) is 0 Å². The fourth-order valence-corrected chi connectivity index (χ4v) is 3.46. The van der Waals surface area contributed by atoms with Crippen molar-refractivity contribution in [2.24, 2.45) is 0 Å². The molecule has 0 bridgehead atoms. The standard InChI is InChI=1S/C23H17ClF3N3O2/c1-29(14-17-5-4-12-32-17)22(31)16-10-8-15(9-11-16)20-13-21(23(25,26)27)28-30(20)19-7-3-2-6-18(19)24/h2-13H,14H2,1H3. The van der Waals surface area contributed by atoms with Gasteiger partial charge in [-0.2, -0.15) is 18.3 Å². The van der Waals surface area contributed by atoms with E-state index in [0.29, 0.717) is 29.1 Å². The van der Waals surface area contributed by atoms with Crippen molar-refractivity contribution < 1.29 is 22.4 Å². The molecule has 0 atom stereocenters. The Kier molecular flexibility index (Phi) is 5.80. The summed E-state index contributed by atoms with van der Waals surface area (Å²) in [5.41, 5.74) is 0.331. The highest BCUT2D eigenvalue weighted by Gasteiger charge is 2.35. The topological polar surface area (TPSA) is 51.3 Å². The second kappa shape index (κ2) is 8.55. The summed E-state index contributed by atoms with van der Waals surface area (Å²) in [5, 5.41) is 4.00. The van der Waals surface area contributed by atoms with Crippen LogP contribution in [0.3, 0.4) is 0 Å². The molecule has 164 valence electrons. The van der Waals surface area contributed by atoms with Crippen LogP contribution in [0.2, 0.25) is 5.02 Å². The minimum Gasteiger partial charge on any atom is -0.467 e. The number of hydrogen-bond donors (Lipinski definition) is 0. The summed E-state index contributed by atoms with van der Waals surface area (Å²) in [6.07, 6.45) is -3.09. The maximum absolute atomic E-state index is 13.4. The van der Waals surface area contributed by atoms with Crippen molar-refractivity contribution >= 4 is 17.5 Å². The van der Waals surface area contributed by atoms with Crippen molar-refractivity contribution in [3.05, 3.63) is 95.0 Å². The largest absolute Gasteiger partial charge is 0.467 e. The number of carbonyl (C=O) groups excluding carboxylic acids is 1. The van der Waals surface area contributed by atoms with E-state index in [1.807, 2.05) is 0 Å². The molecule has 5 nitrogen and oxygen atoms in total. The average Bonchev–Trinajstić information content (AvgIpc) is 3.43. The number of benzene rings is 2. The molecule has 2 aromatic carbocycles. The summed E-state index contributed by atoms with van der Waals surface area (Å²) >= 11 is 6.20. The monoisotopic (exact) mass is 459 g/mol. The van der Waals surface area contributed by atoms with Crippen molar-refractivity contribution in [2.75, 3.05) is 7.05 Å². The van der Waals surface area contributed by atoms with Crippen LogP contribution in [-0.4, -0.2) is 27.6 Å². The van der Waals surface area contributed by atoms with Gasteiger partial charge in [-0.1, -0.05) is 35.9 Å². The molecule has 0 saturated carbocycles. The number of aromatic nitrogens is 2. The van der Waals surface area contributed by atoms with E-state index in [9.17, 15) is 18.0 Å². The molecule has 1 amide bonds. The maximum atomic E-state index is 13.4. The lowest BCUT2D eigenvalue weighted by molar-refractivity contribution is -0.141. The quantitative estimate of drug-likeness (QED) is 0.363. The predicted molar refractivity (Wildman–Crippen MR) is 114 cm³/mol. The van der Waals surface area contributed by atoms with Crippen LogP contribution < -0.4 is 0 Å². The number of rotatable bonds is 5. The number of amides is 1. The van der Waals surface area contributed by atoms with E-state index in [4.69, 9.17) is 16.0 Å². The highest BCUT2D eigenvalue weighted by molar-refractivity contribution is 6.32. The van der Waals surface area contributed by atoms with E-state index in [0.717, 1.165) is 10.7 Å². The Hall–Kier alpha value is -3.52. The molecule has 0 radical (unpaired) electrons. The molecule has 0 fully saturated rings. The summed E-state index contributed by atoms with van der Waals surface area (Å²) < 4.78 is 46.5. The van der Waals surface area contributed by atoms with E-state index < -0.39 is 11.9 Å². The van der Waals surface area contributed by atoms with E-state index in [1.165, 1.54) is 11.2 Å². The van der Waals surface area contributed by atoms with Crippen LogP contribution in [0.15, 0.2) is 77.4 Å². The van der Waals surface area contributed by atoms with E-state index in [-0.39, 0.29) is 16.6 Å². The van der Waals surface area contributed by atoms with Crippen LogP contribution in [0.1, 0.15) is 21.8 Å². The first kappa shape index (κ1) is 21.7. The first-order valence-corrected chi connectivity index (χ1v) is 9.92. The third-order valence-electron chi connectivity index (χ3n) is 4.83. The zero-order valence-electron chi connectivity index (χ0n) is 16.8. The Morgan fingerprint density at radius 2 is 1.81 bits per heavy atom. The van der Waals surface area contributed by atoms with Gasteiger partial charge >= 0.3 is 6.18 Å². The molecule has 0 unspecified atom stereocenters. The average molecular weight is 460 g/mol. The van der Waals surface area contributed by atoms with Crippen LogP contribution >= 0.6 is 11.6 Å². The van der Waals surface area contributed by atoms with Crippen LogP contribution in [0.25, 0.3) is 16.9 Å². The molecule has 4 aromatic rings. The molecular formula is C23H17ClF3N3O2. The Balaban J connectivity index is 1.67. The number of halogens is 4. The predicted octanol–water partition coefficient (Wildman–Crippen LogP) is 6.08. The molecule has 0 saturated heterocycles. The minimum absolute atomic E-state index is 0.202. The van der Waals surface area contributed by atoms with Gasteiger partial charge in [-0.3, -0.25) is 4.79 Å². The van der Waals surface area contributed by atoms with Gasteiger partial charge < -0.3 is 9.32 Å². The second-order valence-corrected chi connectivity index (χ2v) is 7.50. The lowest BCUT2D eigenvalue weighted by Crippen LogP contribution is -2.25. The summed E-state index contributed by atoms with van der Waals surface area (Å²) in [6.45, 7) is 0.293. The molecule has 9 heteroatoms. The number of hydrogen-bond acceptors (Lipinski definition) is 3. The minimum atomic E-state index is -4.62. The molecule has 0 aliphatic carbocycles. The first-order valence-electron chi connectivity index (χ1n) is 9.54. The number of alkyl halides is 3. The molecule has 32 heavy (non-hydrogen) atoms. The van der Waals surface area contributed by atoms with Gasteiger partial charge in [0.15, 0.2) is 5.69 Å². The molecule has 2 heterocycles. The molecule has 0 aliphatic heterocycles. The summed E-state index contributed by atoms with van der Waals surface area (Å²) in [5.74, 6) is 0.393. The molecule has 0 N–H and O–H groups in total. The van der Waals surface area contributed by atoms with Gasteiger partial charge in [0.05, 0.1) is 29.2 Å². The van der Waals surface area contributed by atoms with Crippen molar-refractivity contribution in [3.8, 4) is 16.9 Å². The zero-order valence-corrected chi connectivity index (χ0v) is 17.6. The summed E-state index contributed by atoms with van der Waals surface area (Å²) in [6, 6.07) is 17.3. The van der Waals surface area contributed by atoms with Crippen LogP contribution in [0.4, 0.5) is 13.2 Å². The van der Waals surface area contributed by atoms with Crippen molar-refractivity contribution in [2.45, 2.75) is 12.7 Å². The van der Waals surface area contributed by atoms with Crippen molar-refractivity contribution in [1.82, 2.24) is 14.7 Å². The number of carbonyl (C=O) groups is 1. The summed E-state index contributed by atoms with van der Waals surface area (Å²) in [4.78, 5) is 14.2. The van der Waals surface area contributed by atoms with Gasteiger partial charge in [-0.25, -0.2) is 4.68 Å². The molecule has 0 spiro atoms. The van der Waals surface area contributed by atoms with E-state index in [2.05, 4.69) is 5.10 Å². The maximum Gasteiger partial charge on any atom is 0.435 e. The van der Waals surface area contributed by atoms with Crippen LogP contribution in [-0.2, 0) is 12.7 Å². The normalized spacial score (nSPS) is 11.5. The van der Waals surface area contributed by atoms with Crippen molar-refractivity contribution in [1.29, 1.82) is 0 Å². The van der Waals surface area contributed by atoms with Gasteiger partial charge in [0.25, 0.3) is 5.91 Å². The fraction of sp³-hybridized carbons (Fsp3) is 0.130. The van der Waals surface area contributed by atoms with E-state index in [1.54, 1.807) is 67.7 Å². The Morgan fingerprint density at radius 3 is 2.44 bits per heavy atom. The molecule has 4 rings (SSSR count). The lowest BCUT2D eigenvalue weighted by atomic mass is 10.1. The van der Waals surface area contributed by atoms with E-state index >= 15 is 0 Å². The zero-order chi connectivity index (χ0) is 22.9. The third-order valence-corrected chi connectivity index (χ3v) is 5.15. The third kappa shape index (κ3) is 4.40. The first-order chi connectivity index (χ1) is 15.2. The lowest BCUT2D eigenvalue weighted by Gasteiger charge is -2.16. The molecule has 2 aromatic heterocycles. The highest BCUT2D eigenvalue weighted by atomic mass is 35.5. The molecule has 0 aliphatic rings. The summed E-state index contributed by atoms with van der Waals surface area (Å²) in [7, 11) is 1.64. The van der Waals surface area contributed by atoms with Gasteiger partial charge in [-0.15, -0.1) is 0 Å².